The van der Waals surface area contributed by atoms with Crippen molar-refractivity contribution in [3.8, 4) is 5.75 Å². The van der Waals surface area contributed by atoms with E-state index in [-0.39, 0.29) is 17.4 Å². The number of hydrogen-bond donors (Lipinski definition) is 2. The van der Waals surface area contributed by atoms with E-state index in [1.165, 1.54) is 6.07 Å². The monoisotopic (exact) mass is 225 g/mol. The predicted molar refractivity (Wildman–Crippen MR) is 59.8 cm³/mol. The van der Waals surface area contributed by atoms with Gasteiger partial charge >= 0.3 is 0 Å². The van der Waals surface area contributed by atoms with Gasteiger partial charge in [-0.3, -0.25) is 4.79 Å². The molecule has 2 N–H and O–H groups in total. The Labute approximate surface area is 94.3 Å². The van der Waals surface area contributed by atoms with Crippen LogP contribution in [0.3, 0.4) is 0 Å². The molecule has 1 unspecified atom stereocenters. The molecule has 0 spiro atoms. The first-order valence-corrected chi connectivity index (χ1v) is 5.21. The van der Waals surface area contributed by atoms with Crippen molar-refractivity contribution in [2.45, 2.75) is 26.8 Å². The van der Waals surface area contributed by atoms with Crippen LogP contribution >= 0.6 is 0 Å². The Morgan fingerprint density at radius 2 is 2.00 bits per heavy atom. The summed E-state index contributed by atoms with van der Waals surface area (Å²) in [4.78, 5) is 11.7. The SMILES string of the molecule is CC(C)C(C)NC(=O)c1ccc(F)cc1O. The lowest BCUT2D eigenvalue weighted by Gasteiger charge is -2.17. The van der Waals surface area contributed by atoms with Gasteiger partial charge in [-0.2, -0.15) is 0 Å². The molecule has 16 heavy (non-hydrogen) atoms. The number of halogens is 1. The Balaban J connectivity index is 2.81. The van der Waals surface area contributed by atoms with Crippen LogP contribution in [-0.4, -0.2) is 17.1 Å². The summed E-state index contributed by atoms with van der Waals surface area (Å²) in [6.07, 6.45) is 0. The van der Waals surface area contributed by atoms with Crippen molar-refractivity contribution in [3.05, 3.63) is 29.6 Å². The van der Waals surface area contributed by atoms with Crippen LogP contribution in [0.15, 0.2) is 18.2 Å². The lowest BCUT2D eigenvalue weighted by Crippen LogP contribution is -2.36. The Morgan fingerprint density at radius 3 is 2.50 bits per heavy atom. The molecular formula is C12H16FNO2. The molecule has 0 fully saturated rings. The highest BCUT2D eigenvalue weighted by molar-refractivity contribution is 5.96. The second-order valence-corrected chi connectivity index (χ2v) is 4.17. The van der Waals surface area contributed by atoms with E-state index in [4.69, 9.17) is 0 Å². The van der Waals surface area contributed by atoms with Crippen molar-refractivity contribution in [1.29, 1.82) is 0 Å². The molecule has 1 rings (SSSR count). The first-order chi connectivity index (χ1) is 7.41. The van der Waals surface area contributed by atoms with Gasteiger partial charge in [-0.15, -0.1) is 0 Å². The zero-order valence-electron chi connectivity index (χ0n) is 9.62. The van der Waals surface area contributed by atoms with Crippen LogP contribution in [0, 0.1) is 11.7 Å². The molecule has 0 aromatic heterocycles. The van der Waals surface area contributed by atoms with Gasteiger partial charge in [0.25, 0.3) is 5.91 Å². The van der Waals surface area contributed by atoms with Crippen molar-refractivity contribution in [2.75, 3.05) is 0 Å². The average molecular weight is 225 g/mol. The molecule has 1 amide bonds. The van der Waals surface area contributed by atoms with Crippen LogP contribution in [0.1, 0.15) is 31.1 Å². The van der Waals surface area contributed by atoms with Crippen LogP contribution in [0.25, 0.3) is 0 Å². The van der Waals surface area contributed by atoms with Crippen molar-refractivity contribution >= 4 is 5.91 Å². The van der Waals surface area contributed by atoms with E-state index in [0.717, 1.165) is 12.1 Å². The average Bonchev–Trinajstić information content (AvgIpc) is 2.16. The van der Waals surface area contributed by atoms with Gasteiger partial charge in [0, 0.05) is 12.1 Å². The highest BCUT2D eigenvalue weighted by Crippen LogP contribution is 2.18. The molecule has 0 aliphatic rings. The quantitative estimate of drug-likeness (QED) is 0.829. The predicted octanol–water partition coefficient (Wildman–Crippen LogP) is 2.31. The number of phenols is 1. The van der Waals surface area contributed by atoms with Crippen molar-refractivity contribution in [1.82, 2.24) is 5.32 Å². The zero-order chi connectivity index (χ0) is 12.3. The van der Waals surface area contributed by atoms with Gasteiger partial charge in [-0.25, -0.2) is 4.39 Å². The molecule has 0 aliphatic carbocycles. The third-order valence-corrected chi connectivity index (χ3v) is 2.56. The Bertz CT molecular complexity index is 391. The maximum absolute atomic E-state index is 12.7. The number of carbonyl (C=O) groups excluding carboxylic acids is 1. The van der Waals surface area contributed by atoms with Crippen LogP contribution in [0.2, 0.25) is 0 Å². The molecule has 0 heterocycles. The van der Waals surface area contributed by atoms with Crippen LogP contribution < -0.4 is 5.32 Å². The third-order valence-electron chi connectivity index (χ3n) is 2.56. The van der Waals surface area contributed by atoms with Crippen molar-refractivity contribution in [3.63, 3.8) is 0 Å². The Hall–Kier alpha value is -1.58. The lowest BCUT2D eigenvalue weighted by molar-refractivity contribution is 0.0928. The molecule has 1 atom stereocenters. The maximum Gasteiger partial charge on any atom is 0.255 e. The minimum absolute atomic E-state index is 0.00282. The number of amides is 1. The molecule has 0 bridgehead atoms. The van der Waals surface area contributed by atoms with Crippen LogP contribution in [-0.2, 0) is 0 Å². The number of rotatable bonds is 3. The molecule has 0 saturated heterocycles. The molecule has 0 saturated carbocycles. The van der Waals surface area contributed by atoms with Crippen LogP contribution in [0.5, 0.6) is 5.75 Å². The minimum atomic E-state index is -0.564. The van der Waals surface area contributed by atoms with Gasteiger partial charge in [0.2, 0.25) is 0 Å². The summed E-state index contributed by atoms with van der Waals surface area (Å²) in [5.41, 5.74) is 0.0916. The molecule has 88 valence electrons. The van der Waals surface area contributed by atoms with Crippen LogP contribution in [0.4, 0.5) is 4.39 Å². The third kappa shape index (κ3) is 2.95. The van der Waals surface area contributed by atoms with Crippen molar-refractivity contribution < 1.29 is 14.3 Å². The summed E-state index contributed by atoms with van der Waals surface area (Å²) >= 11 is 0. The normalized spacial score (nSPS) is 12.6. The lowest BCUT2D eigenvalue weighted by atomic mass is 10.1. The summed E-state index contributed by atoms with van der Waals surface area (Å²) in [6, 6.07) is 3.34. The summed E-state index contributed by atoms with van der Waals surface area (Å²) in [6.45, 7) is 5.84. The van der Waals surface area contributed by atoms with E-state index < -0.39 is 11.7 Å². The van der Waals surface area contributed by atoms with Gasteiger partial charge < -0.3 is 10.4 Å². The van der Waals surface area contributed by atoms with Gasteiger partial charge in [0.15, 0.2) is 0 Å². The Morgan fingerprint density at radius 1 is 1.38 bits per heavy atom. The molecule has 4 heteroatoms. The van der Waals surface area contributed by atoms with E-state index in [0.29, 0.717) is 5.92 Å². The van der Waals surface area contributed by atoms with E-state index in [1.54, 1.807) is 0 Å². The molecule has 3 nitrogen and oxygen atoms in total. The maximum atomic E-state index is 12.7. The number of hydrogen-bond acceptors (Lipinski definition) is 2. The van der Waals surface area contributed by atoms with Gasteiger partial charge in [-0.1, -0.05) is 13.8 Å². The highest BCUT2D eigenvalue weighted by Gasteiger charge is 2.15. The van der Waals surface area contributed by atoms with Gasteiger partial charge in [-0.05, 0) is 25.0 Å². The number of phenolic OH excluding ortho intramolecular Hbond substituents is 1. The molecular weight excluding hydrogens is 209 g/mol. The smallest absolute Gasteiger partial charge is 0.255 e. The number of nitrogens with one attached hydrogen (secondary N) is 1. The summed E-state index contributed by atoms with van der Waals surface area (Å²) in [5.74, 6) is -0.996. The molecule has 1 aromatic rings. The van der Waals surface area contributed by atoms with E-state index in [1.807, 2.05) is 20.8 Å². The molecule has 0 aliphatic heterocycles. The standard InChI is InChI=1S/C12H16FNO2/c1-7(2)8(3)14-12(16)10-5-4-9(13)6-11(10)15/h4-8,15H,1-3H3,(H,14,16). The number of benzene rings is 1. The largest absolute Gasteiger partial charge is 0.507 e. The molecule has 1 aromatic carbocycles. The first kappa shape index (κ1) is 12.5. The molecule has 0 radical (unpaired) electrons. The fourth-order valence-corrected chi connectivity index (χ4v) is 1.15. The van der Waals surface area contributed by atoms with E-state index >= 15 is 0 Å². The second kappa shape index (κ2) is 4.96. The summed E-state index contributed by atoms with van der Waals surface area (Å²) in [7, 11) is 0. The Kier molecular flexibility index (Phi) is 3.88. The summed E-state index contributed by atoms with van der Waals surface area (Å²) < 4.78 is 12.7. The fraction of sp³-hybridized carbons (Fsp3) is 0.417. The second-order valence-electron chi connectivity index (χ2n) is 4.17. The van der Waals surface area contributed by atoms with Crippen molar-refractivity contribution in [2.24, 2.45) is 5.92 Å². The zero-order valence-corrected chi connectivity index (χ0v) is 9.62. The van der Waals surface area contributed by atoms with E-state index in [9.17, 15) is 14.3 Å². The summed E-state index contributed by atoms with van der Waals surface area (Å²) in [5, 5.41) is 12.1. The first-order valence-electron chi connectivity index (χ1n) is 5.21. The fourth-order valence-electron chi connectivity index (χ4n) is 1.15. The van der Waals surface area contributed by atoms with Gasteiger partial charge in [0.1, 0.15) is 11.6 Å². The highest BCUT2D eigenvalue weighted by atomic mass is 19.1. The number of carbonyl (C=O) groups is 1. The minimum Gasteiger partial charge on any atom is -0.507 e. The van der Waals surface area contributed by atoms with E-state index in [2.05, 4.69) is 5.32 Å². The van der Waals surface area contributed by atoms with Gasteiger partial charge in [0.05, 0.1) is 5.56 Å². The topological polar surface area (TPSA) is 49.3 Å². The number of aromatic hydroxyl groups is 1.